The molecule has 4 bridgehead atoms. The Morgan fingerprint density at radius 3 is 1.53 bits per heavy atom. The van der Waals surface area contributed by atoms with Gasteiger partial charge in [-0.25, -0.2) is 0 Å². The number of rotatable bonds is 2. The molecule has 4 aliphatic rings. The van der Waals surface area contributed by atoms with E-state index in [-0.39, 0.29) is 0 Å². The van der Waals surface area contributed by atoms with Crippen LogP contribution in [0.1, 0.15) is 58.3 Å². The minimum Gasteiger partial charge on any atom is -0.131 e. The van der Waals surface area contributed by atoms with Gasteiger partial charge in [-0.15, -0.1) is 9.24 Å². The van der Waals surface area contributed by atoms with Gasteiger partial charge in [0.05, 0.1) is 0 Å². The zero-order valence-corrected chi connectivity index (χ0v) is 12.4. The molecule has 0 aromatic carbocycles. The maximum atomic E-state index is 3.35. The van der Waals surface area contributed by atoms with Gasteiger partial charge in [0, 0.05) is 0 Å². The predicted molar refractivity (Wildman–Crippen MR) is 76.0 cm³/mol. The van der Waals surface area contributed by atoms with Gasteiger partial charge in [0.25, 0.3) is 0 Å². The molecule has 0 saturated heterocycles. The van der Waals surface area contributed by atoms with Crippen LogP contribution in [0.2, 0.25) is 0 Å². The van der Waals surface area contributed by atoms with E-state index in [9.17, 15) is 0 Å². The summed E-state index contributed by atoms with van der Waals surface area (Å²) in [5.41, 5.74) is 0. The second-order valence-electron chi connectivity index (χ2n) is 7.93. The van der Waals surface area contributed by atoms with E-state index >= 15 is 0 Å². The van der Waals surface area contributed by atoms with Gasteiger partial charge in [0.2, 0.25) is 0 Å². The zero-order chi connectivity index (χ0) is 11.6. The average molecular weight is 250 g/mol. The van der Waals surface area contributed by atoms with Crippen LogP contribution in [0.4, 0.5) is 0 Å². The lowest BCUT2D eigenvalue weighted by Crippen LogP contribution is -2.41. The predicted octanol–water partition coefficient (Wildman–Crippen LogP) is 4.49. The zero-order valence-electron chi connectivity index (χ0n) is 11.2. The van der Waals surface area contributed by atoms with Gasteiger partial charge in [-0.3, -0.25) is 0 Å². The summed E-state index contributed by atoms with van der Waals surface area (Å²) in [5.74, 6) is 6.53. The summed E-state index contributed by atoms with van der Waals surface area (Å²) in [6, 6.07) is 0. The van der Waals surface area contributed by atoms with Crippen molar-refractivity contribution in [2.75, 3.05) is 0 Å². The average Bonchev–Trinajstić information content (AvgIpc) is 3.07. The first-order valence-corrected chi connectivity index (χ1v) is 8.51. The first kappa shape index (κ1) is 11.3. The maximum absolute atomic E-state index is 3.35. The SMILES string of the molecule is CC(P)(C1CC2CCC1C2)C1CC2CCC1C2. The molecule has 0 aromatic heterocycles. The third-order valence-electron chi connectivity index (χ3n) is 7.07. The molecule has 0 amide bonds. The van der Waals surface area contributed by atoms with Gasteiger partial charge < -0.3 is 0 Å². The first-order valence-electron chi connectivity index (χ1n) is 7.93. The van der Waals surface area contributed by atoms with E-state index in [0.29, 0.717) is 5.16 Å². The third kappa shape index (κ3) is 1.59. The van der Waals surface area contributed by atoms with Crippen molar-refractivity contribution in [1.29, 1.82) is 0 Å². The van der Waals surface area contributed by atoms with Crippen LogP contribution < -0.4 is 0 Å². The summed E-state index contributed by atoms with van der Waals surface area (Å²) < 4.78 is 0. The summed E-state index contributed by atoms with van der Waals surface area (Å²) in [6.07, 6.45) is 12.5. The first-order chi connectivity index (χ1) is 8.14. The Bertz CT molecular complexity index is 291. The van der Waals surface area contributed by atoms with Crippen molar-refractivity contribution in [3.63, 3.8) is 0 Å². The lowest BCUT2D eigenvalue weighted by atomic mass is 9.69. The Balaban J connectivity index is 1.55. The summed E-state index contributed by atoms with van der Waals surface area (Å²) in [7, 11) is 3.35. The summed E-state index contributed by atoms with van der Waals surface area (Å²) >= 11 is 0. The van der Waals surface area contributed by atoms with Crippen LogP contribution in [0.15, 0.2) is 0 Å². The Hall–Kier alpha value is 0.430. The summed E-state index contributed by atoms with van der Waals surface area (Å²) in [6.45, 7) is 2.61. The van der Waals surface area contributed by atoms with Crippen LogP contribution in [0.5, 0.6) is 0 Å². The fraction of sp³-hybridized carbons (Fsp3) is 1.00. The quantitative estimate of drug-likeness (QED) is 0.633. The molecule has 1 heteroatoms. The summed E-state index contributed by atoms with van der Waals surface area (Å²) in [5, 5.41) is 0.583. The van der Waals surface area contributed by atoms with Gasteiger partial charge in [0.15, 0.2) is 0 Å². The molecule has 0 aromatic rings. The fourth-order valence-electron chi connectivity index (χ4n) is 6.29. The van der Waals surface area contributed by atoms with Gasteiger partial charge in [-0.2, -0.15) is 0 Å². The fourth-order valence-corrected chi connectivity index (χ4v) is 7.10. The van der Waals surface area contributed by atoms with Crippen LogP contribution in [0.3, 0.4) is 0 Å². The van der Waals surface area contributed by atoms with Gasteiger partial charge in [-0.1, -0.05) is 19.8 Å². The molecule has 0 nitrogen and oxygen atoms in total. The van der Waals surface area contributed by atoms with E-state index in [4.69, 9.17) is 0 Å². The van der Waals surface area contributed by atoms with Crippen LogP contribution in [0, 0.1) is 35.5 Å². The van der Waals surface area contributed by atoms with E-state index in [1.807, 2.05) is 0 Å². The van der Waals surface area contributed by atoms with Gasteiger partial charge in [-0.05, 0) is 79.2 Å². The molecular weight excluding hydrogens is 223 g/mol. The molecule has 4 aliphatic carbocycles. The molecule has 4 rings (SSSR count). The van der Waals surface area contributed by atoms with Gasteiger partial charge in [0.1, 0.15) is 0 Å². The molecule has 4 saturated carbocycles. The minimum absolute atomic E-state index is 0.583. The van der Waals surface area contributed by atoms with Crippen LogP contribution in [0.25, 0.3) is 0 Å². The lowest BCUT2D eigenvalue weighted by molar-refractivity contribution is 0.163. The second kappa shape index (κ2) is 3.72. The topological polar surface area (TPSA) is 0 Å². The molecule has 17 heavy (non-hydrogen) atoms. The van der Waals surface area contributed by atoms with E-state index in [2.05, 4.69) is 16.2 Å². The molecular formula is C16H27P. The molecule has 0 aliphatic heterocycles. The monoisotopic (exact) mass is 250 g/mol. The normalized spacial score (nSPS) is 55.4. The molecule has 0 radical (unpaired) electrons. The number of hydrogen-bond acceptors (Lipinski definition) is 0. The minimum atomic E-state index is 0.583. The van der Waals surface area contributed by atoms with E-state index < -0.39 is 0 Å². The van der Waals surface area contributed by atoms with E-state index in [1.54, 1.807) is 51.4 Å². The highest BCUT2D eigenvalue weighted by molar-refractivity contribution is 7.19. The Morgan fingerprint density at radius 1 is 0.765 bits per heavy atom. The molecule has 96 valence electrons. The highest BCUT2D eigenvalue weighted by Gasteiger charge is 2.54. The van der Waals surface area contributed by atoms with E-state index in [1.165, 1.54) is 0 Å². The summed E-state index contributed by atoms with van der Waals surface area (Å²) in [4.78, 5) is 0. The highest BCUT2D eigenvalue weighted by atomic mass is 31.0. The largest absolute Gasteiger partial charge is 0.131 e. The standard InChI is InChI=1S/C16H27P/c1-16(17,14-8-10-2-4-12(14)6-10)15-9-11-3-5-13(15)7-11/h10-15H,2-9,17H2,1H3. The van der Waals surface area contributed by atoms with Crippen molar-refractivity contribution in [2.24, 2.45) is 35.5 Å². The maximum Gasteiger partial charge on any atom is -0.0117 e. The Labute approximate surface area is 109 Å². The molecule has 4 fully saturated rings. The van der Waals surface area contributed by atoms with E-state index in [0.717, 1.165) is 35.5 Å². The van der Waals surface area contributed by atoms with Crippen LogP contribution in [-0.2, 0) is 0 Å². The Kier molecular flexibility index (Phi) is 2.47. The van der Waals surface area contributed by atoms with Crippen molar-refractivity contribution in [3.05, 3.63) is 0 Å². The van der Waals surface area contributed by atoms with Crippen molar-refractivity contribution in [1.82, 2.24) is 0 Å². The van der Waals surface area contributed by atoms with Crippen molar-refractivity contribution >= 4 is 9.24 Å². The highest BCUT2D eigenvalue weighted by Crippen LogP contribution is 2.62. The molecule has 0 heterocycles. The van der Waals surface area contributed by atoms with Gasteiger partial charge >= 0.3 is 0 Å². The van der Waals surface area contributed by atoms with Crippen molar-refractivity contribution in [3.8, 4) is 0 Å². The van der Waals surface area contributed by atoms with Crippen molar-refractivity contribution < 1.29 is 0 Å². The van der Waals surface area contributed by atoms with Crippen LogP contribution in [-0.4, -0.2) is 5.16 Å². The molecule has 7 atom stereocenters. The second-order valence-corrected chi connectivity index (χ2v) is 9.17. The number of fused-ring (bicyclic) bond motifs is 4. The molecule has 0 spiro atoms. The Morgan fingerprint density at radius 2 is 1.24 bits per heavy atom. The number of hydrogen-bond donors (Lipinski definition) is 0. The molecule has 7 unspecified atom stereocenters. The molecule has 0 N–H and O–H groups in total. The lowest BCUT2D eigenvalue weighted by Gasteiger charge is -2.45. The van der Waals surface area contributed by atoms with Crippen molar-refractivity contribution in [2.45, 2.75) is 63.4 Å². The van der Waals surface area contributed by atoms with Crippen LogP contribution >= 0.6 is 9.24 Å². The third-order valence-corrected chi connectivity index (χ3v) is 7.93. The smallest absolute Gasteiger partial charge is 0.0117 e.